The summed E-state index contributed by atoms with van der Waals surface area (Å²) < 4.78 is 45.1. The van der Waals surface area contributed by atoms with Crippen LogP contribution in [0.2, 0.25) is 0 Å². The summed E-state index contributed by atoms with van der Waals surface area (Å²) in [7, 11) is 1.46. The van der Waals surface area contributed by atoms with Crippen LogP contribution in [-0.2, 0) is 6.18 Å². The van der Waals surface area contributed by atoms with E-state index in [1.165, 1.54) is 13.2 Å². The van der Waals surface area contributed by atoms with Gasteiger partial charge in [-0.1, -0.05) is 12.1 Å². The molecule has 1 aliphatic heterocycles. The van der Waals surface area contributed by atoms with E-state index in [9.17, 15) is 18.0 Å². The quantitative estimate of drug-likeness (QED) is 0.631. The number of nitrogens with one attached hydrogen (secondary N) is 2. The van der Waals surface area contributed by atoms with E-state index in [0.29, 0.717) is 11.4 Å². The predicted octanol–water partition coefficient (Wildman–Crippen LogP) is 5.14. The Labute approximate surface area is 184 Å². The van der Waals surface area contributed by atoms with Gasteiger partial charge in [0.2, 0.25) is 0 Å². The largest absolute Gasteiger partial charge is 0.496 e. The standard InChI is InChI=1S/C22H24F3N3O2S/c1-14-7-6-8-16(19(14)30-2)20(29)27-21(31)26-17-13-15(22(23,24)25)9-10-18(17)28-11-4-3-5-12-28/h6-10,13H,3-5,11-12H2,1-2H3,(H2,26,27,29,31). The van der Waals surface area contributed by atoms with Gasteiger partial charge in [-0.3, -0.25) is 10.1 Å². The second-order valence-corrected chi connectivity index (χ2v) is 7.75. The first kappa shape index (κ1) is 22.9. The van der Waals surface area contributed by atoms with Gasteiger partial charge in [0.1, 0.15) is 5.75 Å². The molecule has 2 N–H and O–H groups in total. The van der Waals surface area contributed by atoms with Crippen LogP contribution in [0.25, 0.3) is 0 Å². The number of aryl methyl sites for hydroxylation is 1. The number of carbonyl (C=O) groups is 1. The van der Waals surface area contributed by atoms with E-state index in [2.05, 4.69) is 10.6 Å². The number of benzene rings is 2. The Bertz CT molecular complexity index is 973. The summed E-state index contributed by atoms with van der Waals surface area (Å²) in [5.41, 5.74) is 1.10. The number of piperidine rings is 1. The summed E-state index contributed by atoms with van der Waals surface area (Å²) in [6, 6.07) is 8.64. The van der Waals surface area contributed by atoms with Gasteiger partial charge in [-0.2, -0.15) is 13.2 Å². The van der Waals surface area contributed by atoms with Gasteiger partial charge in [0, 0.05) is 13.1 Å². The first-order valence-electron chi connectivity index (χ1n) is 9.93. The van der Waals surface area contributed by atoms with Crippen LogP contribution in [0.1, 0.15) is 40.7 Å². The Morgan fingerprint density at radius 1 is 1.13 bits per heavy atom. The molecule has 0 spiro atoms. The molecule has 0 aliphatic carbocycles. The second-order valence-electron chi connectivity index (χ2n) is 7.34. The molecular formula is C22H24F3N3O2S. The summed E-state index contributed by atoms with van der Waals surface area (Å²) >= 11 is 5.24. The zero-order valence-electron chi connectivity index (χ0n) is 17.3. The van der Waals surface area contributed by atoms with Gasteiger partial charge in [-0.05, 0) is 68.2 Å². The molecule has 2 aromatic carbocycles. The van der Waals surface area contributed by atoms with Gasteiger partial charge in [0.25, 0.3) is 5.91 Å². The van der Waals surface area contributed by atoms with Gasteiger partial charge in [0.15, 0.2) is 5.11 Å². The van der Waals surface area contributed by atoms with Crippen molar-refractivity contribution < 1.29 is 22.7 Å². The number of hydrogen-bond acceptors (Lipinski definition) is 4. The number of thiocarbonyl (C=S) groups is 1. The highest BCUT2D eigenvalue weighted by Crippen LogP contribution is 2.36. The number of halogens is 3. The van der Waals surface area contributed by atoms with Gasteiger partial charge in [-0.15, -0.1) is 0 Å². The van der Waals surface area contributed by atoms with Crippen LogP contribution in [0, 0.1) is 6.92 Å². The highest BCUT2D eigenvalue weighted by molar-refractivity contribution is 7.80. The van der Waals surface area contributed by atoms with Crippen molar-refractivity contribution in [2.24, 2.45) is 0 Å². The van der Waals surface area contributed by atoms with E-state index in [1.54, 1.807) is 25.1 Å². The molecule has 1 heterocycles. The van der Waals surface area contributed by atoms with Crippen LogP contribution in [0.5, 0.6) is 5.75 Å². The number of nitrogens with zero attached hydrogens (tertiary/aromatic N) is 1. The lowest BCUT2D eigenvalue weighted by molar-refractivity contribution is -0.137. The summed E-state index contributed by atoms with van der Waals surface area (Å²) in [5, 5.41) is 5.24. The van der Waals surface area contributed by atoms with Crippen LogP contribution in [-0.4, -0.2) is 31.2 Å². The predicted molar refractivity (Wildman–Crippen MR) is 119 cm³/mol. The average molecular weight is 452 g/mol. The molecule has 2 aromatic rings. The average Bonchev–Trinajstić information content (AvgIpc) is 2.73. The molecule has 3 rings (SSSR count). The number of rotatable bonds is 4. The Morgan fingerprint density at radius 2 is 1.84 bits per heavy atom. The lowest BCUT2D eigenvalue weighted by atomic mass is 10.1. The smallest absolute Gasteiger partial charge is 0.416 e. The molecule has 0 bridgehead atoms. The Balaban J connectivity index is 1.84. The maximum Gasteiger partial charge on any atom is 0.416 e. The van der Waals surface area contributed by atoms with Crippen molar-refractivity contribution in [1.82, 2.24) is 5.32 Å². The molecule has 166 valence electrons. The number of anilines is 2. The summed E-state index contributed by atoms with van der Waals surface area (Å²) in [6.45, 7) is 3.30. The number of hydrogen-bond donors (Lipinski definition) is 2. The number of alkyl halides is 3. The van der Waals surface area contributed by atoms with Crippen LogP contribution in [0.3, 0.4) is 0 Å². The molecule has 1 amide bonds. The number of methoxy groups -OCH3 is 1. The zero-order valence-corrected chi connectivity index (χ0v) is 18.1. The van der Waals surface area contributed by atoms with E-state index < -0.39 is 17.6 Å². The van der Waals surface area contributed by atoms with E-state index in [-0.39, 0.29) is 16.4 Å². The summed E-state index contributed by atoms with van der Waals surface area (Å²) in [4.78, 5) is 14.7. The van der Waals surface area contributed by atoms with Crippen molar-refractivity contribution in [2.75, 3.05) is 30.4 Å². The third-order valence-electron chi connectivity index (χ3n) is 5.16. The minimum atomic E-state index is -4.49. The monoisotopic (exact) mass is 451 g/mol. The lowest BCUT2D eigenvalue weighted by Crippen LogP contribution is -2.36. The molecule has 1 aliphatic rings. The number of ether oxygens (including phenoxy) is 1. The fraction of sp³-hybridized carbons (Fsp3) is 0.364. The first-order chi connectivity index (χ1) is 14.7. The number of para-hydroxylation sites is 1. The van der Waals surface area contributed by atoms with Crippen LogP contribution in [0.4, 0.5) is 24.5 Å². The maximum atomic E-state index is 13.3. The minimum Gasteiger partial charge on any atom is -0.496 e. The van der Waals surface area contributed by atoms with Crippen molar-refractivity contribution in [3.8, 4) is 5.75 Å². The van der Waals surface area contributed by atoms with E-state index in [0.717, 1.165) is 50.0 Å². The fourth-order valence-corrected chi connectivity index (χ4v) is 3.85. The Kier molecular flexibility index (Phi) is 7.04. The van der Waals surface area contributed by atoms with Crippen LogP contribution >= 0.6 is 12.2 Å². The van der Waals surface area contributed by atoms with Crippen molar-refractivity contribution in [3.63, 3.8) is 0 Å². The number of carbonyl (C=O) groups excluding carboxylic acids is 1. The highest BCUT2D eigenvalue weighted by atomic mass is 32.1. The van der Waals surface area contributed by atoms with Gasteiger partial charge < -0.3 is 15.0 Å². The molecule has 9 heteroatoms. The van der Waals surface area contributed by atoms with E-state index >= 15 is 0 Å². The molecule has 31 heavy (non-hydrogen) atoms. The van der Waals surface area contributed by atoms with E-state index in [1.807, 2.05) is 4.90 Å². The fourth-order valence-electron chi connectivity index (χ4n) is 3.65. The zero-order chi connectivity index (χ0) is 22.6. The molecule has 1 saturated heterocycles. The molecule has 0 radical (unpaired) electrons. The first-order valence-corrected chi connectivity index (χ1v) is 10.3. The normalized spacial score (nSPS) is 14.2. The summed E-state index contributed by atoms with van der Waals surface area (Å²) in [5.74, 6) is -0.0968. The molecule has 0 saturated carbocycles. The topological polar surface area (TPSA) is 53.6 Å². The van der Waals surface area contributed by atoms with Crippen LogP contribution in [0.15, 0.2) is 36.4 Å². The maximum absolute atomic E-state index is 13.3. The molecule has 0 aromatic heterocycles. The van der Waals surface area contributed by atoms with Crippen molar-refractivity contribution >= 4 is 34.6 Å². The van der Waals surface area contributed by atoms with Crippen LogP contribution < -0.4 is 20.3 Å². The number of amides is 1. The lowest BCUT2D eigenvalue weighted by Gasteiger charge is -2.31. The molecule has 5 nitrogen and oxygen atoms in total. The minimum absolute atomic E-state index is 0.0915. The Hall–Kier alpha value is -2.81. The third-order valence-corrected chi connectivity index (χ3v) is 5.36. The highest BCUT2D eigenvalue weighted by Gasteiger charge is 2.32. The SMILES string of the molecule is COc1c(C)cccc1C(=O)NC(=S)Nc1cc(C(F)(F)F)ccc1N1CCCCC1. The van der Waals surface area contributed by atoms with E-state index in [4.69, 9.17) is 17.0 Å². The van der Waals surface area contributed by atoms with Crippen molar-refractivity contribution in [3.05, 3.63) is 53.1 Å². The van der Waals surface area contributed by atoms with Gasteiger partial charge >= 0.3 is 6.18 Å². The molecule has 0 unspecified atom stereocenters. The van der Waals surface area contributed by atoms with Crippen molar-refractivity contribution in [2.45, 2.75) is 32.4 Å². The van der Waals surface area contributed by atoms with Gasteiger partial charge in [0.05, 0.1) is 29.6 Å². The molecule has 0 atom stereocenters. The molecular weight excluding hydrogens is 427 g/mol. The Morgan fingerprint density at radius 3 is 2.48 bits per heavy atom. The summed E-state index contributed by atoms with van der Waals surface area (Å²) in [6.07, 6.45) is -1.47. The third kappa shape index (κ3) is 5.46. The molecule has 1 fully saturated rings. The van der Waals surface area contributed by atoms with Gasteiger partial charge in [-0.25, -0.2) is 0 Å². The van der Waals surface area contributed by atoms with Crippen molar-refractivity contribution in [1.29, 1.82) is 0 Å². The second kappa shape index (κ2) is 9.55.